The van der Waals surface area contributed by atoms with Crippen molar-refractivity contribution in [1.82, 2.24) is 0 Å². The number of esters is 2. The number of hydrogen-bond acceptors (Lipinski definition) is 8. The Morgan fingerprint density at radius 3 is 1.23 bits per heavy atom. The zero-order chi connectivity index (χ0) is 51.3. The topological polar surface area (TPSA) is 111 Å². The van der Waals surface area contributed by atoms with E-state index in [-0.39, 0.29) is 26.1 Å². The van der Waals surface area contributed by atoms with E-state index in [1.807, 2.05) is 21.1 Å². The lowest BCUT2D eigenvalue weighted by Crippen LogP contribution is -2.37. The van der Waals surface area contributed by atoms with Crippen LogP contribution >= 0.6 is 7.82 Å². The molecule has 0 aliphatic carbocycles. The van der Waals surface area contributed by atoms with Crippen LogP contribution in [0.1, 0.15) is 206 Å². The molecule has 0 rings (SSSR count). The number of carbonyl (C=O) groups excluding carboxylic acids is 2. The van der Waals surface area contributed by atoms with Gasteiger partial charge in [-0.1, -0.05) is 200 Å². The third-order valence-electron chi connectivity index (χ3n) is 11.3. The van der Waals surface area contributed by atoms with Gasteiger partial charge in [-0.25, -0.2) is 0 Å². The number of nitrogens with zero attached hydrogens (tertiary/aromatic N) is 1. The van der Waals surface area contributed by atoms with Crippen LogP contribution < -0.4 is 4.89 Å². The van der Waals surface area contributed by atoms with Crippen molar-refractivity contribution in [2.45, 2.75) is 213 Å². The van der Waals surface area contributed by atoms with E-state index < -0.39 is 32.5 Å². The summed E-state index contributed by atoms with van der Waals surface area (Å²) in [6.45, 7) is 4.07. The molecule has 0 bridgehead atoms. The molecule has 0 aromatic rings. The first-order valence-corrected chi connectivity index (χ1v) is 29.1. The molecule has 2 atom stereocenters. The zero-order valence-corrected chi connectivity index (χ0v) is 46.1. The summed E-state index contributed by atoms with van der Waals surface area (Å²) in [6.07, 6.45) is 69.9. The van der Waals surface area contributed by atoms with Crippen LogP contribution in [0.15, 0.2) is 109 Å². The molecule has 0 radical (unpaired) electrons. The molecule has 0 aromatic heterocycles. The van der Waals surface area contributed by atoms with Gasteiger partial charge in [0.05, 0.1) is 27.7 Å². The van der Waals surface area contributed by atoms with Crippen LogP contribution in [0.4, 0.5) is 0 Å². The number of phosphoric acid groups is 1. The highest BCUT2D eigenvalue weighted by atomic mass is 31.2. The van der Waals surface area contributed by atoms with Crippen molar-refractivity contribution in [3.63, 3.8) is 0 Å². The highest BCUT2D eigenvalue weighted by Crippen LogP contribution is 2.38. The van der Waals surface area contributed by atoms with E-state index in [1.165, 1.54) is 57.8 Å². The second kappa shape index (κ2) is 50.6. The second-order valence-electron chi connectivity index (χ2n) is 19.2. The van der Waals surface area contributed by atoms with Crippen LogP contribution in [0.5, 0.6) is 0 Å². The molecular formula is C60H102NO8P. The molecule has 400 valence electrons. The van der Waals surface area contributed by atoms with Gasteiger partial charge in [-0.05, 0) is 103 Å². The van der Waals surface area contributed by atoms with Gasteiger partial charge in [0, 0.05) is 12.8 Å². The SMILES string of the molecule is CC/C=C\C/C=C\C/C=C\C/C=C\C/C=C\C/C=C\C/C=C\C/C=C\CCCCCCCCCCC(=O)OC(COC(=O)CCCCCCC/C=C\CCCCCC)COP(=O)([O-])OCC[N+](C)(C)C. The number of allylic oxidation sites excluding steroid dienone is 18. The first kappa shape index (κ1) is 66.7. The number of likely N-dealkylation sites (N-methyl/N-ethyl adjacent to an activating group) is 1. The van der Waals surface area contributed by atoms with E-state index in [9.17, 15) is 19.0 Å². The van der Waals surface area contributed by atoms with Gasteiger partial charge in [-0.2, -0.15) is 0 Å². The molecule has 0 saturated carbocycles. The Morgan fingerprint density at radius 1 is 0.457 bits per heavy atom. The van der Waals surface area contributed by atoms with E-state index in [2.05, 4.69) is 123 Å². The normalized spacial score (nSPS) is 14.2. The van der Waals surface area contributed by atoms with E-state index in [4.69, 9.17) is 18.5 Å². The van der Waals surface area contributed by atoms with Gasteiger partial charge in [-0.3, -0.25) is 14.2 Å². The summed E-state index contributed by atoms with van der Waals surface area (Å²) >= 11 is 0. The third-order valence-corrected chi connectivity index (χ3v) is 12.2. The fraction of sp³-hybridized carbons (Fsp3) is 0.667. The van der Waals surface area contributed by atoms with Crippen molar-refractivity contribution >= 4 is 19.8 Å². The highest BCUT2D eigenvalue weighted by Gasteiger charge is 2.21. The maximum absolute atomic E-state index is 12.8. The molecule has 10 heteroatoms. The molecule has 0 aliphatic rings. The molecule has 9 nitrogen and oxygen atoms in total. The largest absolute Gasteiger partial charge is 0.756 e. The van der Waals surface area contributed by atoms with E-state index >= 15 is 0 Å². The van der Waals surface area contributed by atoms with Crippen LogP contribution in [0.25, 0.3) is 0 Å². The van der Waals surface area contributed by atoms with E-state index in [0.717, 1.165) is 109 Å². The average molecular weight is 996 g/mol. The predicted octanol–water partition coefficient (Wildman–Crippen LogP) is 16.4. The van der Waals surface area contributed by atoms with Crippen molar-refractivity contribution in [3.8, 4) is 0 Å². The van der Waals surface area contributed by atoms with Gasteiger partial charge < -0.3 is 27.9 Å². The number of ether oxygens (including phenoxy) is 2. The summed E-state index contributed by atoms with van der Waals surface area (Å²) in [4.78, 5) is 37.7. The molecule has 0 aromatic carbocycles. The Labute approximate surface area is 429 Å². The predicted molar refractivity (Wildman–Crippen MR) is 295 cm³/mol. The molecule has 0 spiro atoms. The van der Waals surface area contributed by atoms with Gasteiger partial charge >= 0.3 is 11.9 Å². The maximum atomic E-state index is 12.8. The van der Waals surface area contributed by atoms with Crippen LogP contribution in [-0.2, 0) is 32.7 Å². The molecule has 0 heterocycles. The van der Waals surface area contributed by atoms with Gasteiger partial charge in [0.2, 0.25) is 0 Å². The standard InChI is InChI=1S/C60H102NO8P/c1-6-8-10-12-14-16-18-20-21-22-23-24-25-26-27-28-29-30-31-32-33-34-35-36-37-38-39-41-43-45-47-49-51-53-60(63)69-58(57-68-70(64,65)67-55-54-61(3,4)5)56-66-59(62)52-50-48-46-44-42-40-19-17-15-13-11-9-7-2/h8,10,14,16-17,19-21,23-24,26-27,29-30,32-33,35-36,58H,6-7,9,11-13,15,18,22,25,28,31,34,37-57H2,1-5H3/b10-8-,16-14-,19-17-,21-20-,24-23-,27-26-,30-29-,33-32-,36-35-. The summed E-state index contributed by atoms with van der Waals surface area (Å²) in [6, 6.07) is 0. The number of quaternary nitrogens is 1. The molecule has 0 aliphatic heterocycles. The van der Waals surface area contributed by atoms with Gasteiger partial charge in [0.25, 0.3) is 7.82 Å². The fourth-order valence-corrected chi connectivity index (χ4v) is 7.75. The van der Waals surface area contributed by atoms with Crippen LogP contribution in [-0.4, -0.2) is 70.0 Å². The van der Waals surface area contributed by atoms with Crippen LogP contribution in [0, 0.1) is 0 Å². The summed E-state index contributed by atoms with van der Waals surface area (Å²) in [7, 11) is 1.14. The number of phosphoric ester groups is 1. The molecular weight excluding hydrogens is 894 g/mol. The van der Waals surface area contributed by atoms with Gasteiger partial charge in [0.15, 0.2) is 6.10 Å². The van der Waals surface area contributed by atoms with Gasteiger partial charge in [0.1, 0.15) is 19.8 Å². The van der Waals surface area contributed by atoms with Crippen molar-refractivity contribution in [2.75, 3.05) is 47.5 Å². The minimum absolute atomic E-state index is 0.0391. The Hall–Kier alpha value is -3.33. The number of hydrogen-bond donors (Lipinski definition) is 0. The summed E-state index contributed by atoms with van der Waals surface area (Å²) in [5.74, 6) is -0.861. The van der Waals surface area contributed by atoms with E-state index in [0.29, 0.717) is 23.9 Å². The van der Waals surface area contributed by atoms with E-state index in [1.54, 1.807) is 0 Å². The highest BCUT2D eigenvalue weighted by molar-refractivity contribution is 7.45. The lowest BCUT2D eigenvalue weighted by atomic mass is 10.1. The first-order chi connectivity index (χ1) is 34.0. The van der Waals surface area contributed by atoms with Crippen molar-refractivity contribution < 1.29 is 42.1 Å². The third kappa shape index (κ3) is 54.0. The molecule has 70 heavy (non-hydrogen) atoms. The number of unbranched alkanes of at least 4 members (excludes halogenated alkanes) is 17. The summed E-state index contributed by atoms with van der Waals surface area (Å²) in [5, 5.41) is 0. The minimum Gasteiger partial charge on any atom is -0.756 e. The van der Waals surface area contributed by atoms with Gasteiger partial charge in [-0.15, -0.1) is 0 Å². The van der Waals surface area contributed by atoms with Crippen LogP contribution in [0.2, 0.25) is 0 Å². The summed E-state index contributed by atoms with van der Waals surface area (Å²) < 4.78 is 34.0. The first-order valence-electron chi connectivity index (χ1n) is 27.6. The summed E-state index contributed by atoms with van der Waals surface area (Å²) in [5.41, 5.74) is 0. The lowest BCUT2D eigenvalue weighted by molar-refractivity contribution is -0.870. The lowest BCUT2D eigenvalue weighted by Gasteiger charge is -2.28. The molecule has 0 fully saturated rings. The monoisotopic (exact) mass is 996 g/mol. The second-order valence-corrected chi connectivity index (χ2v) is 20.6. The number of carbonyl (C=O) groups is 2. The molecule has 0 saturated heterocycles. The average Bonchev–Trinajstić information content (AvgIpc) is 3.32. The van der Waals surface area contributed by atoms with Crippen molar-refractivity contribution in [3.05, 3.63) is 109 Å². The molecule has 2 unspecified atom stereocenters. The minimum atomic E-state index is -4.64. The fourth-order valence-electron chi connectivity index (χ4n) is 7.02. The Morgan fingerprint density at radius 2 is 0.814 bits per heavy atom. The Balaban J connectivity index is 4.18. The van der Waals surface area contributed by atoms with Crippen molar-refractivity contribution in [1.29, 1.82) is 0 Å². The quantitative estimate of drug-likeness (QED) is 0.0195. The molecule has 0 N–H and O–H groups in total. The van der Waals surface area contributed by atoms with Crippen LogP contribution in [0.3, 0.4) is 0 Å². The zero-order valence-electron chi connectivity index (χ0n) is 45.2. The smallest absolute Gasteiger partial charge is 0.306 e. The number of rotatable bonds is 49. The molecule has 0 amide bonds. The van der Waals surface area contributed by atoms with Crippen molar-refractivity contribution in [2.24, 2.45) is 0 Å². The Kier molecular flexibility index (Phi) is 48.2. The Bertz CT molecular complexity index is 1550. The maximum Gasteiger partial charge on any atom is 0.306 e.